The molecule has 82 valence electrons. The first-order valence-corrected chi connectivity index (χ1v) is 5.26. The molecule has 0 radical (unpaired) electrons. The van der Waals surface area contributed by atoms with Crippen LogP contribution >= 0.6 is 0 Å². The Morgan fingerprint density at radius 2 is 2.67 bits per heavy atom. The molecule has 0 spiro atoms. The molecule has 1 unspecified atom stereocenters. The summed E-state index contributed by atoms with van der Waals surface area (Å²) in [6, 6.07) is 0.425. The Labute approximate surface area is 88.9 Å². The van der Waals surface area contributed by atoms with Gasteiger partial charge in [0.15, 0.2) is 5.82 Å². The Balaban J connectivity index is 1.84. The van der Waals surface area contributed by atoms with Crippen molar-refractivity contribution in [3.8, 4) is 0 Å². The highest BCUT2D eigenvalue weighted by molar-refractivity contribution is 5.90. The number of imidazole rings is 1. The molecule has 1 aliphatic rings. The number of nitrogens with one attached hydrogen (secondary N) is 2. The average molecular weight is 208 g/mol. The molecule has 15 heavy (non-hydrogen) atoms. The molecule has 1 aromatic rings. The highest BCUT2D eigenvalue weighted by Gasteiger charge is 2.16. The number of aryl methyl sites for hydroxylation is 1. The van der Waals surface area contributed by atoms with E-state index in [0.717, 1.165) is 13.0 Å². The maximum atomic E-state index is 11.7. The largest absolute Gasteiger partial charge is 0.348 e. The molecule has 1 aromatic heterocycles. The minimum atomic E-state index is -0.101. The summed E-state index contributed by atoms with van der Waals surface area (Å²) in [5.41, 5.74) is 0. The van der Waals surface area contributed by atoms with Gasteiger partial charge in [-0.1, -0.05) is 0 Å². The fraction of sp³-hybridized carbons (Fsp3) is 0.600. The maximum absolute atomic E-state index is 11.7. The molecule has 1 atom stereocenters. The van der Waals surface area contributed by atoms with E-state index < -0.39 is 0 Å². The molecule has 2 N–H and O–H groups in total. The van der Waals surface area contributed by atoms with Crippen LogP contribution in [0.25, 0.3) is 0 Å². The maximum Gasteiger partial charge on any atom is 0.287 e. The summed E-state index contributed by atoms with van der Waals surface area (Å²) in [6.07, 6.45) is 5.73. The van der Waals surface area contributed by atoms with Gasteiger partial charge in [-0.3, -0.25) is 4.79 Å². The van der Waals surface area contributed by atoms with Crippen LogP contribution in [-0.2, 0) is 7.05 Å². The first kappa shape index (κ1) is 10.2. The van der Waals surface area contributed by atoms with Crippen LogP contribution in [0, 0.1) is 0 Å². The van der Waals surface area contributed by atoms with Crippen LogP contribution in [0.15, 0.2) is 12.4 Å². The Morgan fingerprint density at radius 1 is 1.80 bits per heavy atom. The molecule has 1 fully saturated rings. The van der Waals surface area contributed by atoms with Crippen molar-refractivity contribution in [2.24, 2.45) is 7.05 Å². The zero-order valence-electron chi connectivity index (χ0n) is 8.86. The Kier molecular flexibility index (Phi) is 3.01. The fourth-order valence-electron chi connectivity index (χ4n) is 1.81. The molecular formula is C10H16N4O. The van der Waals surface area contributed by atoms with E-state index in [-0.39, 0.29) is 5.91 Å². The van der Waals surface area contributed by atoms with Crippen molar-refractivity contribution in [1.29, 1.82) is 0 Å². The molecule has 2 heterocycles. The van der Waals surface area contributed by atoms with Gasteiger partial charge < -0.3 is 15.2 Å². The van der Waals surface area contributed by atoms with Crippen molar-refractivity contribution >= 4 is 5.91 Å². The smallest absolute Gasteiger partial charge is 0.287 e. The summed E-state index contributed by atoms with van der Waals surface area (Å²) in [7, 11) is 1.82. The summed E-state index contributed by atoms with van der Waals surface area (Å²) in [6.45, 7) is 1.74. The Bertz CT molecular complexity index is 341. The Hall–Kier alpha value is -1.36. The van der Waals surface area contributed by atoms with Crippen LogP contribution in [-0.4, -0.2) is 34.6 Å². The second-order valence-corrected chi connectivity index (χ2v) is 3.87. The molecule has 0 aromatic carbocycles. The van der Waals surface area contributed by atoms with Gasteiger partial charge in [0.2, 0.25) is 0 Å². The number of carbonyl (C=O) groups excluding carboxylic acids is 1. The predicted molar refractivity (Wildman–Crippen MR) is 56.6 cm³/mol. The summed E-state index contributed by atoms with van der Waals surface area (Å²) < 4.78 is 1.72. The summed E-state index contributed by atoms with van der Waals surface area (Å²) in [4.78, 5) is 15.7. The van der Waals surface area contributed by atoms with Crippen molar-refractivity contribution in [3.05, 3.63) is 18.2 Å². The molecule has 5 heteroatoms. The van der Waals surface area contributed by atoms with Gasteiger partial charge in [-0.15, -0.1) is 0 Å². The second kappa shape index (κ2) is 4.44. The quantitative estimate of drug-likeness (QED) is 0.729. The zero-order valence-corrected chi connectivity index (χ0v) is 8.86. The third-order valence-corrected chi connectivity index (χ3v) is 2.70. The van der Waals surface area contributed by atoms with Crippen molar-refractivity contribution in [1.82, 2.24) is 20.2 Å². The summed E-state index contributed by atoms with van der Waals surface area (Å²) in [5.74, 6) is 0.365. The van der Waals surface area contributed by atoms with Gasteiger partial charge in [0, 0.05) is 32.0 Å². The minimum Gasteiger partial charge on any atom is -0.348 e. The van der Waals surface area contributed by atoms with Crippen molar-refractivity contribution in [2.75, 3.05) is 13.1 Å². The van der Waals surface area contributed by atoms with E-state index in [9.17, 15) is 4.79 Å². The SMILES string of the molecule is Cn1ccnc1C(=O)NCC1CCCN1. The first-order valence-electron chi connectivity index (χ1n) is 5.26. The van der Waals surface area contributed by atoms with Crippen LogP contribution in [0.1, 0.15) is 23.5 Å². The van der Waals surface area contributed by atoms with E-state index in [2.05, 4.69) is 15.6 Å². The average Bonchev–Trinajstić information content (AvgIpc) is 2.84. The van der Waals surface area contributed by atoms with Crippen LogP contribution in [0.4, 0.5) is 0 Å². The Morgan fingerprint density at radius 3 is 3.27 bits per heavy atom. The molecule has 1 saturated heterocycles. The van der Waals surface area contributed by atoms with Gasteiger partial charge in [-0.05, 0) is 19.4 Å². The highest BCUT2D eigenvalue weighted by Crippen LogP contribution is 2.03. The van der Waals surface area contributed by atoms with Crippen molar-refractivity contribution in [3.63, 3.8) is 0 Å². The van der Waals surface area contributed by atoms with Crippen molar-refractivity contribution < 1.29 is 4.79 Å². The number of amides is 1. The predicted octanol–water partition coefficient (Wildman–Crippen LogP) is -0.0981. The van der Waals surface area contributed by atoms with Crippen LogP contribution in [0.5, 0.6) is 0 Å². The lowest BCUT2D eigenvalue weighted by Crippen LogP contribution is -2.38. The zero-order chi connectivity index (χ0) is 10.7. The number of nitrogens with zero attached hydrogens (tertiary/aromatic N) is 2. The number of aromatic nitrogens is 2. The second-order valence-electron chi connectivity index (χ2n) is 3.87. The molecule has 1 aliphatic heterocycles. The topological polar surface area (TPSA) is 59.0 Å². The van der Waals surface area contributed by atoms with E-state index in [0.29, 0.717) is 18.4 Å². The van der Waals surface area contributed by atoms with Gasteiger partial charge in [0.25, 0.3) is 5.91 Å². The van der Waals surface area contributed by atoms with Gasteiger partial charge in [-0.2, -0.15) is 0 Å². The minimum absolute atomic E-state index is 0.101. The monoisotopic (exact) mass is 208 g/mol. The molecule has 0 aliphatic carbocycles. The van der Waals surface area contributed by atoms with Crippen LogP contribution < -0.4 is 10.6 Å². The van der Waals surface area contributed by atoms with Crippen LogP contribution in [0.2, 0.25) is 0 Å². The lowest BCUT2D eigenvalue weighted by atomic mass is 10.2. The van der Waals surface area contributed by atoms with Crippen LogP contribution in [0.3, 0.4) is 0 Å². The van der Waals surface area contributed by atoms with E-state index in [1.807, 2.05) is 7.05 Å². The molecular weight excluding hydrogens is 192 g/mol. The lowest BCUT2D eigenvalue weighted by molar-refractivity contribution is 0.0937. The van der Waals surface area contributed by atoms with Gasteiger partial charge in [-0.25, -0.2) is 4.98 Å². The fourth-order valence-corrected chi connectivity index (χ4v) is 1.81. The number of rotatable bonds is 3. The normalized spacial score (nSPS) is 20.5. The van der Waals surface area contributed by atoms with Gasteiger partial charge >= 0.3 is 0 Å². The van der Waals surface area contributed by atoms with E-state index in [4.69, 9.17) is 0 Å². The number of hydrogen-bond acceptors (Lipinski definition) is 3. The van der Waals surface area contributed by atoms with E-state index in [1.54, 1.807) is 17.0 Å². The third kappa shape index (κ3) is 2.36. The van der Waals surface area contributed by atoms with E-state index >= 15 is 0 Å². The number of carbonyl (C=O) groups is 1. The lowest BCUT2D eigenvalue weighted by Gasteiger charge is -2.10. The van der Waals surface area contributed by atoms with Crippen molar-refractivity contribution in [2.45, 2.75) is 18.9 Å². The molecule has 0 saturated carbocycles. The standard InChI is InChI=1S/C10H16N4O/c1-14-6-5-12-9(14)10(15)13-7-8-3-2-4-11-8/h5-6,8,11H,2-4,7H2,1H3,(H,13,15). The molecule has 5 nitrogen and oxygen atoms in total. The molecule has 2 rings (SSSR count). The summed E-state index contributed by atoms with van der Waals surface area (Å²) >= 11 is 0. The molecule has 0 bridgehead atoms. The third-order valence-electron chi connectivity index (χ3n) is 2.70. The molecule has 1 amide bonds. The van der Waals surface area contributed by atoms with Gasteiger partial charge in [0.1, 0.15) is 0 Å². The highest BCUT2D eigenvalue weighted by atomic mass is 16.2. The van der Waals surface area contributed by atoms with Gasteiger partial charge in [0.05, 0.1) is 0 Å². The number of hydrogen-bond donors (Lipinski definition) is 2. The van der Waals surface area contributed by atoms with E-state index in [1.165, 1.54) is 6.42 Å². The first-order chi connectivity index (χ1) is 7.27. The summed E-state index contributed by atoms with van der Waals surface area (Å²) in [5, 5.41) is 6.21.